The van der Waals surface area contributed by atoms with Gasteiger partial charge in [-0.3, -0.25) is 0 Å². The van der Waals surface area contributed by atoms with Crippen molar-refractivity contribution in [1.82, 2.24) is 0 Å². The maximum Gasteiger partial charge on any atom is 0.171 e. The minimum absolute atomic E-state index is 0.204. The summed E-state index contributed by atoms with van der Waals surface area (Å²) in [7, 11) is 0. The van der Waals surface area contributed by atoms with Crippen LogP contribution in [0.3, 0.4) is 0 Å². The standard InChI is InChI=1S/C16H21FO2/c1-11-14(18-10-9-12-5-6-12)7-8-15(16(11)17)19-13-3-2-4-13/h7-8,12-13H,2-6,9-10H2,1H3. The highest BCUT2D eigenvalue weighted by Gasteiger charge is 2.23. The Kier molecular flexibility index (Phi) is 3.63. The molecule has 3 heteroatoms. The second kappa shape index (κ2) is 5.40. The summed E-state index contributed by atoms with van der Waals surface area (Å²) in [4.78, 5) is 0. The molecular weight excluding hydrogens is 243 g/mol. The van der Waals surface area contributed by atoms with Crippen molar-refractivity contribution in [2.24, 2.45) is 5.92 Å². The summed E-state index contributed by atoms with van der Waals surface area (Å²) >= 11 is 0. The molecule has 2 fully saturated rings. The fourth-order valence-corrected chi connectivity index (χ4v) is 2.30. The van der Waals surface area contributed by atoms with Gasteiger partial charge in [-0.2, -0.15) is 0 Å². The minimum atomic E-state index is -0.268. The molecule has 0 unspecified atom stereocenters. The van der Waals surface area contributed by atoms with Crippen molar-refractivity contribution in [2.75, 3.05) is 6.61 Å². The highest BCUT2D eigenvalue weighted by atomic mass is 19.1. The lowest BCUT2D eigenvalue weighted by atomic mass is 9.96. The molecule has 2 saturated carbocycles. The van der Waals surface area contributed by atoms with Gasteiger partial charge in [0.2, 0.25) is 0 Å². The lowest BCUT2D eigenvalue weighted by Crippen LogP contribution is -2.25. The van der Waals surface area contributed by atoms with Gasteiger partial charge in [0.05, 0.1) is 12.7 Å². The summed E-state index contributed by atoms with van der Waals surface area (Å²) in [6.45, 7) is 2.45. The first-order valence-electron chi connectivity index (χ1n) is 7.32. The Morgan fingerprint density at radius 1 is 1.16 bits per heavy atom. The molecule has 0 saturated heterocycles. The number of rotatable bonds is 6. The zero-order chi connectivity index (χ0) is 13.2. The first-order chi connectivity index (χ1) is 9.24. The van der Waals surface area contributed by atoms with E-state index in [1.165, 1.54) is 19.3 Å². The van der Waals surface area contributed by atoms with E-state index in [4.69, 9.17) is 9.47 Å². The van der Waals surface area contributed by atoms with Crippen LogP contribution in [0.15, 0.2) is 12.1 Å². The van der Waals surface area contributed by atoms with Crippen molar-refractivity contribution in [3.63, 3.8) is 0 Å². The summed E-state index contributed by atoms with van der Waals surface area (Å²) in [6.07, 6.45) is 7.21. The van der Waals surface area contributed by atoms with Crippen LogP contribution >= 0.6 is 0 Å². The van der Waals surface area contributed by atoms with Gasteiger partial charge in [0.15, 0.2) is 11.6 Å². The average Bonchev–Trinajstić information content (AvgIpc) is 3.15. The molecule has 0 bridgehead atoms. The summed E-state index contributed by atoms with van der Waals surface area (Å²) in [6, 6.07) is 3.53. The molecule has 2 aliphatic carbocycles. The number of halogens is 1. The van der Waals surface area contributed by atoms with Crippen molar-refractivity contribution in [2.45, 2.75) is 51.6 Å². The van der Waals surface area contributed by atoms with Gasteiger partial charge in [-0.25, -0.2) is 4.39 Å². The molecule has 104 valence electrons. The highest BCUT2D eigenvalue weighted by molar-refractivity contribution is 5.41. The van der Waals surface area contributed by atoms with Crippen LogP contribution < -0.4 is 9.47 Å². The molecule has 0 aliphatic heterocycles. The van der Waals surface area contributed by atoms with Crippen molar-refractivity contribution >= 4 is 0 Å². The maximum atomic E-state index is 14.2. The lowest BCUT2D eigenvalue weighted by molar-refractivity contribution is 0.114. The Bertz CT molecular complexity index is 450. The summed E-state index contributed by atoms with van der Waals surface area (Å²) in [5.41, 5.74) is 0.563. The van der Waals surface area contributed by atoms with Gasteiger partial charge in [0, 0.05) is 5.56 Å². The molecule has 19 heavy (non-hydrogen) atoms. The Morgan fingerprint density at radius 2 is 1.89 bits per heavy atom. The lowest BCUT2D eigenvalue weighted by Gasteiger charge is -2.27. The molecule has 0 amide bonds. The van der Waals surface area contributed by atoms with E-state index in [9.17, 15) is 4.39 Å². The zero-order valence-electron chi connectivity index (χ0n) is 11.5. The van der Waals surface area contributed by atoms with Crippen LogP contribution in [0, 0.1) is 18.7 Å². The molecule has 0 radical (unpaired) electrons. The zero-order valence-corrected chi connectivity index (χ0v) is 11.5. The van der Waals surface area contributed by atoms with E-state index in [2.05, 4.69) is 0 Å². The average molecular weight is 264 g/mol. The van der Waals surface area contributed by atoms with Gasteiger partial charge in [-0.05, 0) is 50.7 Å². The quantitative estimate of drug-likeness (QED) is 0.765. The number of benzene rings is 1. The van der Waals surface area contributed by atoms with Gasteiger partial charge in [0.25, 0.3) is 0 Å². The fourth-order valence-electron chi connectivity index (χ4n) is 2.30. The smallest absolute Gasteiger partial charge is 0.171 e. The summed E-state index contributed by atoms with van der Waals surface area (Å²) < 4.78 is 25.5. The predicted molar refractivity (Wildman–Crippen MR) is 72.2 cm³/mol. The summed E-state index contributed by atoms with van der Waals surface area (Å²) in [5, 5.41) is 0. The van der Waals surface area contributed by atoms with Crippen molar-refractivity contribution < 1.29 is 13.9 Å². The molecule has 0 heterocycles. The number of hydrogen-bond acceptors (Lipinski definition) is 2. The second-order valence-electron chi connectivity index (χ2n) is 5.75. The number of ether oxygens (including phenoxy) is 2. The fraction of sp³-hybridized carbons (Fsp3) is 0.625. The molecule has 2 nitrogen and oxygen atoms in total. The molecule has 0 N–H and O–H groups in total. The Balaban J connectivity index is 1.62. The largest absolute Gasteiger partial charge is 0.493 e. The molecule has 0 aromatic heterocycles. The molecule has 0 atom stereocenters. The predicted octanol–water partition coefficient (Wildman–Crippen LogP) is 4.24. The molecule has 1 aromatic carbocycles. The van der Waals surface area contributed by atoms with Crippen LogP contribution in [-0.4, -0.2) is 12.7 Å². The van der Waals surface area contributed by atoms with Crippen molar-refractivity contribution in [1.29, 1.82) is 0 Å². The van der Waals surface area contributed by atoms with Crippen LogP contribution in [-0.2, 0) is 0 Å². The topological polar surface area (TPSA) is 18.5 Å². The third-order valence-corrected chi connectivity index (χ3v) is 4.13. The number of hydrogen-bond donors (Lipinski definition) is 0. The summed E-state index contributed by atoms with van der Waals surface area (Å²) in [5.74, 6) is 1.60. The monoisotopic (exact) mass is 264 g/mol. The SMILES string of the molecule is Cc1c(OCCC2CC2)ccc(OC2CCC2)c1F. The van der Waals surface area contributed by atoms with E-state index >= 15 is 0 Å². The van der Waals surface area contributed by atoms with E-state index in [-0.39, 0.29) is 11.9 Å². The van der Waals surface area contributed by atoms with E-state index in [1.54, 1.807) is 13.0 Å². The molecule has 3 rings (SSSR count). The van der Waals surface area contributed by atoms with Crippen LogP contribution in [0.25, 0.3) is 0 Å². The third kappa shape index (κ3) is 3.02. The van der Waals surface area contributed by atoms with Crippen LogP contribution in [0.5, 0.6) is 11.5 Å². The molecule has 2 aliphatic rings. The Morgan fingerprint density at radius 3 is 2.53 bits per heavy atom. The Hall–Kier alpha value is -1.25. The molecule has 0 spiro atoms. The Labute approximate surface area is 113 Å². The second-order valence-corrected chi connectivity index (χ2v) is 5.75. The molecular formula is C16H21FO2. The van der Waals surface area contributed by atoms with Gasteiger partial charge < -0.3 is 9.47 Å². The van der Waals surface area contributed by atoms with Crippen molar-refractivity contribution in [3.8, 4) is 11.5 Å². The van der Waals surface area contributed by atoms with E-state index in [0.717, 1.165) is 25.2 Å². The van der Waals surface area contributed by atoms with Crippen LogP contribution in [0.1, 0.15) is 44.1 Å². The minimum Gasteiger partial charge on any atom is -0.493 e. The van der Waals surface area contributed by atoms with Crippen molar-refractivity contribution in [3.05, 3.63) is 23.5 Å². The highest BCUT2D eigenvalue weighted by Crippen LogP contribution is 2.34. The van der Waals surface area contributed by atoms with Gasteiger partial charge >= 0.3 is 0 Å². The molecule has 1 aromatic rings. The van der Waals surface area contributed by atoms with E-state index < -0.39 is 0 Å². The van der Waals surface area contributed by atoms with Crippen LogP contribution in [0.2, 0.25) is 0 Å². The normalized spacial score (nSPS) is 19.1. The van der Waals surface area contributed by atoms with Gasteiger partial charge in [-0.15, -0.1) is 0 Å². The maximum absolute atomic E-state index is 14.2. The van der Waals surface area contributed by atoms with Gasteiger partial charge in [-0.1, -0.05) is 12.8 Å². The van der Waals surface area contributed by atoms with E-state index in [1.807, 2.05) is 6.07 Å². The van der Waals surface area contributed by atoms with Gasteiger partial charge in [0.1, 0.15) is 5.75 Å². The van der Waals surface area contributed by atoms with E-state index in [0.29, 0.717) is 23.7 Å². The third-order valence-electron chi connectivity index (χ3n) is 4.13. The first kappa shape index (κ1) is 12.8. The van der Waals surface area contributed by atoms with Crippen LogP contribution in [0.4, 0.5) is 4.39 Å². The first-order valence-corrected chi connectivity index (χ1v) is 7.32.